The van der Waals surface area contributed by atoms with Gasteiger partial charge in [-0.2, -0.15) is 18.2 Å². The van der Waals surface area contributed by atoms with Gasteiger partial charge in [-0.1, -0.05) is 29.4 Å². The number of hydrogen-bond acceptors (Lipinski definition) is 4. The molecule has 0 saturated heterocycles. The average molecular weight is 394 g/mol. The average Bonchev–Trinajstić information content (AvgIpc) is 2.92. The van der Waals surface area contributed by atoms with Crippen LogP contribution in [-0.2, 0) is 17.5 Å². The smallest absolute Gasteiger partial charge is 0.351 e. The van der Waals surface area contributed by atoms with Gasteiger partial charge in [0, 0.05) is 12.1 Å². The summed E-state index contributed by atoms with van der Waals surface area (Å²) in [5, 5.41) is 6.04. The predicted octanol–water partition coefficient (Wildman–Crippen LogP) is 3.96. The highest BCUT2D eigenvalue weighted by Crippen LogP contribution is 2.63. The molecule has 1 N–H and O–H groups in total. The summed E-state index contributed by atoms with van der Waals surface area (Å²) in [6.07, 6.45) is -4.30. The molecule has 10 heteroatoms. The zero-order valence-electron chi connectivity index (χ0n) is 12.8. The second-order valence-corrected chi connectivity index (χ2v) is 7.50. The van der Waals surface area contributed by atoms with Crippen molar-refractivity contribution in [1.82, 2.24) is 15.5 Å². The molecule has 1 fully saturated rings. The Kier molecular flexibility index (Phi) is 4.23. The first-order valence-electron chi connectivity index (χ1n) is 7.19. The van der Waals surface area contributed by atoms with Gasteiger partial charge >= 0.3 is 12.1 Å². The molecule has 0 radical (unpaired) electrons. The SMILES string of the molecule is CC1(C(=O)NCc2ccc(-c3noc(C(F)(F)F)n3)cc2)CC1(Cl)Cl. The molecule has 1 amide bonds. The van der Waals surface area contributed by atoms with Gasteiger partial charge in [-0.3, -0.25) is 4.79 Å². The maximum Gasteiger partial charge on any atom is 0.471 e. The number of carbonyl (C=O) groups excluding carboxylic acids is 1. The molecule has 0 aliphatic heterocycles. The summed E-state index contributed by atoms with van der Waals surface area (Å²) < 4.78 is 40.5. The van der Waals surface area contributed by atoms with Crippen LogP contribution in [-0.4, -0.2) is 20.4 Å². The molecule has 1 atom stereocenters. The van der Waals surface area contributed by atoms with E-state index in [2.05, 4.69) is 20.0 Å². The Morgan fingerprint density at radius 2 is 1.92 bits per heavy atom. The van der Waals surface area contributed by atoms with Crippen molar-refractivity contribution in [3.05, 3.63) is 35.7 Å². The van der Waals surface area contributed by atoms with Crippen LogP contribution >= 0.6 is 23.2 Å². The summed E-state index contributed by atoms with van der Waals surface area (Å²) in [5.41, 5.74) is 0.300. The van der Waals surface area contributed by atoms with Gasteiger partial charge in [-0.15, -0.1) is 23.2 Å². The second kappa shape index (κ2) is 5.88. The van der Waals surface area contributed by atoms with E-state index >= 15 is 0 Å². The number of aromatic nitrogens is 2. The van der Waals surface area contributed by atoms with E-state index in [9.17, 15) is 18.0 Å². The van der Waals surface area contributed by atoms with Crippen LogP contribution in [0.2, 0.25) is 0 Å². The number of hydrogen-bond donors (Lipinski definition) is 1. The van der Waals surface area contributed by atoms with Gasteiger partial charge in [-0.25, -0.2) is 0 Å². The molecule has 1 aromatic carbocycles. The molecule has 0 bridgehead atoms. The number of nitrogens with zero attached hydrogens (tertiary/aromatic N) is 2. The zero-order chi connectivity index (χ0) is 18.5. The molecular weight excluding hydrogens is 382 g/mol. The van der Waals surface area contributed by atoms with E-state index in [1.165, 1.54) is 0 Å². The van der Waals surface area contributed by atoms with Crippen LogP contribution in [0.1, 0.15) is 24.8 Å². The lowest BCUT2D eigenvalue weighted by Gasteiger charge is -2.12. The highest BCUT2D eigenvalue weighted by atomic mass is 35.5. The number of rotatable bonds is 4. The Bertz CT molecular complexity index is 805. The van der Waals surface area contributed by atoms with Crippen molar-refractivity contribution in [1.29, 1.82) is 0 Å². The molecule has 1 heterocycles. The van der Waals surface area contributed by atoms with Crippen LogP contribution in [0.3, 0.4) is 0 Å². The van der Waals surface area contributed by atoms with Gasteiger partial charge < -0.3 is 9.84 Å². The van der Waals surface area contributed by atoms with Crippen LogP contribution in [0.25, 0.3) is 11.4 Å². The van der Waals surface area contributed by atoms with Crippen molar-refractivity contribution in [3.8, 4) is 11.4 Å². The predicted molar refractivity (Wildman–Crippen MR) is 83.7 cm³/mol. The van der Waals surface area contributed by atoms with Crippen LogP contribution in [0.4, 0.5) is 13.2 Å². The number of alkyl halides is 5. The van der Waals surface area contributed by atoms with Crippen LogP contribution in [0.15, 0.2) is 28.8 Å². The lowest BCUT2D eigenvalue weighted by atomic mass is 10.1. The highest BCUT2D eigenvalue weighted by Gasteiger charge is 2.67. The summed E-state index contributed by atoms with van der Waals surface area (Å²) in [7, 11) is 0. The molecular formula is C15H12Cl2F3N3O2. The maximum atomic E-state index is 12.5. The van der Waals surface area contributed by atoms with Crippen molar-refractivity contribution in [2.24, 2.45) is 5.41 Å². The minimum atomic E-state index is -4.69. The van der Waals surface area contributed by atoms with E-state index < -0.39 is 21.8 Å². The Labute approximate surface area is 150 Å². The minimum Gasteiger partial charge on any atom is -0.351 e. The van der Waals surface area contributed by atoms with E-state index in [0.29, 0.717) is 12.0 Å². The monoisotopic (exact) mass is 393 g/mol. The van der Waals surface area contributed by atoms with Gasteiger partial charge in [0.25, 0.3) is 0 Å². The van der Waals surface area contributed by atoms with Crippen molar-refractivity contribution >= 4 is 29.1 Å². The van der Waals surface area contributed by atoms with Crippen LogP contribution in [0.5, 0.6) is 0 Å². The summed E-state index contributed by atoms with van der Waals surface area (Å²) in [6, 6.07) is 6.36. The summed E-state index contributed by atoms with van der Waals surface area (Å²) in [4.78, 5) is 15.4. The quantitative estimate of drug-likeness (QED) is 0.798. The minimum absolute atomic E-state index is 0.164. The Morgan fingerprint density at radius 3 is 2.40 bits per heavy atom. The van der Waals surface area contributed by atoms with E-state index in [-0.39, 0.29) is 18.3 Å². The Hall–Kier alpha value is -1.80. The van der Waals surface area contributed by atoms with Gasteiger partial charge in [0.15, 0.2) is 0 Å². The third kappa shape index (κ3) is 3.46. The van der Waals surface area contributed by atoms with Gasteiger partial charge in [0.2, 0.25) is 11.7 Å². The standard InChI is InChI=1S/C15H12Cl2F3N3O2/c1-13(7-14(13,16)17)11(24)21-6-8-2-4-9(5-3-8)10-22-12(25-23-10)15(18,19)20/h2-5H,6-7H2,1H3,(H,21,24). The third-order valence-electron chi connectivity index (χ3n) is 4.09. The molecule has 2 aromatic rings. The Balaban J connectivity index is 1.63. The fourth-order valence-corrected chi connectivity index (χ4v) is 2.96. The maximum absolute atomic E-state index is 12.5. The molecule has 1 saturated carbocycles. The second-order valence-electron chi connectivity index (χ2n) is 6.01. The van der Waals surface area contributed by atoms with Crippen molar-refractivity contribution in [2.45, 2.75) is 30.4 Å². The molecule has 1 aromatic heterocycles. The molecule has 0 spiro atoms. The van der Waals surface area contributed by atoms with Crippen LogP contribution < -0.4 is 5.32 Å². The van der Waals surface area contributed by atoms with Gasteiger partial charge in [-0.05, 0) is 18.9 Å². The van der Waals surface area contributed by atoms with E-state index in [1.54, 1.807) is 31.2 Å². The van der Waals surface area contributed by atoms with E-state index in [0.717, 1.165) is 5.56 Å². The van der Waals surface area contributed by atoms with Crippen molar-refractivity contribution in [3.63, 3.8) is 0 Å². The molecule has 134 valence electrons. The molecule has 1 aliphatic carbocycles. The van der Waals surface area contributed by atoms with E-state index in [1.807, 2.05) is 0 Å². The van der Waals surface area contributed by atoms with Crippen molar-refractivity contribution in [2.75, 3.05) is 0 Å². The lowest BCUT2D eigenvalue weighted by Crippen LogP contribution is -2.32. The number of nitrogens with one attached hydrogen (secondary N) is 1. The largest absolute Gasteiger partial charge is 0.471 e. The summed E-state index contributed by atoms with van der Waals surface area (Å²) >= 11 is 11.9. The fourth-order valence-electron chi connectivity index (χ4n) is 2.25. The first-order valence-corrected chi connectivity index (χ1v) is 7.95. The zero-order valence-corrected chi connectivity index (χ0v) is 14.3. The summed E-state index contributed by atoms with van der Waals surface area (Å²) in [6.45, 7) is 1.92. The fraction of sp³-hybridized carbons (Fsp3) is 0.400. The topological polar surface area (TPSA) is 68.0 Å². The molecule has 5 nitrogen and oxygen atoms in total. The van der Waals surface area contributed by atoms with Crippen molar-refractivity contribution < 1.29 is 22.5 Å². The number of carbonyl (C=O) groups is 1. The molecule has 1 unspecified atom stereocenters. The highest BCUT2D eigenvalue weighted by molar-refractivity contribution is 6.53. The lowest BCUT2D eigenvalue weighted by molar-refractivity contribution is -0.159. The van der Waals surface area contributed by atoms with E-state index in [4.69, 9.17) is 23.2 Å². The summed E-state index contributed by atoms with van der Waals surface area (Å²) in [5.74, 6) is -1.82. The molecule has 25 heavy (non-hydrogen) atoms. The van der Waals surface area contributed by atoms with Gasteiger partial charge in [0.05, 0.1) is 5.41 Å². The first kappa shape index (κ1) is 18.0. The normalized spacial score (nSPS) is 21.8. The number of amides is 1. The van der Waals surface area contributed by atoms with Gasteiger partial charge in [0.1, 0.15) is 4.33 Å². The van der Waals surface area contributed by atoms with Crippen LogP contribution in [0, 0.1) is 5.41 Å². The molecule has 3 rings (SSSR count). The third-order valence-corrected chi connectivity index (χ3v) is 5.19. The number of halogens is 5. The number of benzene rings is 1. The first-order chi connectivity index (χ1) is 11.5. The molecule has 1 aliphatic rings. The Morgan fingerprint density at radius 1 is 1.32 bits per heavy atom.